The quantitative estimate of drug-likeness (QED) is 0.416. The van der Waals surface area contributed by atoms with E-state index in [9.17, 15) is 14.4 Å². The number of amidine groups is 1. The van der Waals surface area contributed by atoms with Crippen molar-refractivity contribution in [3.8, 4) is 0 Å². The van der Waals surface area contributed by atoms with Crippen LogP contribution in [0.15, 0.2) is 4.99 Å². The first-order valence-corrected chi connectivity index (χ1v) is 9.37. The minimum absolute atomic E-state index is 0.0227. The van der Waals surface area contributed by atoms with Crippen molar-refractivity contribution in [1.29, 1.82) is 0 Å². The first kappa shape index (κ1) is 17.4. The number of carbonyl (C=O) groups is 3. The Labute approximate surface area is 146 Å². The zero-order chi connectivity index (χ0) is 17.5. The van der Waals surface area contributed by atoms with Crippen LogP contribution in [0.25, 0.3) is 0 Å². The second kappa shape index (κ2) is 6.48. The molecule has 0 aromatic carbocycles. The number of carbonyl (C=O) groups excluding carboxylic acids is 3. The molecule has 3 heterocycles. The molecule has 2 saturated heterocycles. The van der Waals surface area contributed by atoms with Crippen LogP contribution >= 0.6 is 11.8 Å². The van der Waals surface area contributed by atoms with E-state index in [4.69, 9.17) is 0 Å². The Hall–Kier alpha value is -1.41. The summed E-state index contributed by atoms with van der Waals surface area (Å²) in [4.78, 5) is 41.7. The van der Waals surface area contributed by atoms with Gasteiger partial charge in [-0.3, -0.25) is 14.4 Å². The lowest BCUT2D eigenvalue weighted by Crippen LogP contribution is -2.71. The van der Waals surface area contributed by atoms with E-state index in [0.717, 1.165) is 25.8 Å². The number of amides is 3. The standard InChI is InChI=1S/C16H24N4O3S/c1-4-5-6-7-17-11-14(23)20-12(16(2,3)24-15(11)20)13-18-9(21)8-10(22)19-13/h11-12,15,17H,4-8H2,1-3H3,(H,18,19,21,22)/t11?,12?,15-/m0/s1. The first-order chi connectivity index (χ1) is 11.3. The molecule has 0 aromatic heterocycles. The van der Waals surface area contributed by atoms with Crippen molar-refractivity contribution < 1.29 is 14.4 Å². The first-order valence-electron chi connectivity index (χ1n) is 8.50. The Kier molecular flexibility index (Phi) is 4.70. The predicted molar refractivity (Wildman–Crippen MR) is 92.6 cm³/mol. The number of nitrogens with one attached hydrogen (secondary N) is 2. The van der Waals surface area contributed by atoms with E-state index in [1.807, 2.05) is 13.8 Å². The molecule has 2 unspecified atom stereocenters. The summed E-state index contributed by atoms with van der Waals surface area (Å²) in [7, 11) is 0. The van der Waals surface area contributed by atoms with Crippen molar-refractivity contribution in [3.63, 3.8) is 0 Å². The summed E-state index contributed by atoms with van der Waals surface area (Å²) in [5, 5.41) is 6.06. The Morgan fingerprint density at radius 3 is 2.75 bits per heavy atom. The number of nitrogens with zero attached hydrogens (tertiary/aromatic N) is 2. The number of β-lactam (4-membered cyclic amide) rings is 1. The van der Waals surface area contributed by atoms with E-state index < -0.39 is 5.91 Å². The number of rotatable bonds is 6. The molecule has 0 radical (unpaired) electrons. The molecule has 3 amide bonds. The number of unbranched alkanes of at least 4 members (excludes halogenated alkanes) is 2. The summed E-state index contributed by atoms with van der Waals surface area (Å²) in [6, 6.07) is -0.561. The minimum atomic E-state index is -0.444. The maximum atomic E-state index is 12.6. The van der Waals surface area contributed by atoms with Gasteiger partial charge in [0.25, 0.3) is 5.91 Å². The van der Waals surface area contributed by atoms with Gasteiger partial charge in [-0.2, -0.15) is 4.99 Å². The van der Waals surface area contributed by atoms with Crippen molar-refractivity contribution >= 4 is 35.3 Å². The molecule has 0 aromatic rings. The van der Waals surface area contributed by atoms with Crippen LogP contribution in [0.2, 0.25) is 0 Å². The van der Waals surface area contributed by atoms with Gasteiger partial charge in [-0.25, -0.2) is 0 Å². The van der Waals surface area contributed by atoms with Gasteiger partial charge < -0.3 is 15.5 Å². The highest BCUT2D eigenvalue weighted by Gasteiger charge is 2.63. The maximum Gasteiger partial charge on any atom is 0.256 e. The summed E-state index contributed by atoms with van der Waals surface area (Å²) < 4.78 is -0.316. The summed E-state index contributed by atoms with van der Waals surface area (Å²) in [6.07, 6.45) is 3.13. The fourth-order valence-corrected chi connectivity index (χ4v) is 5.20. The Morgan fingerprint density at radius 2 is 2.08 bits per heavy atom. The van der Waals surface area contributed by atoms with Crippen LogP contribution in [-0.4, -0.2) is 57.2 Å². The van der Waals surface area contributed by atoms with Gasteiger partial charge in [0.15, 0.2) is 0 Å². The molecule has 2 fully saturated rings. The molecule has 2 N–H and O–H groups in total. The van der Waals surface area contributed by atoms with Gasteiger partial charge in [0, 0.05) is 4.75 Å². The number of fused-ring (bicyclic) bond motifs is 1. The molecule has 0 bridgehead atoms. The molecule has 7 nitrogen and oxygen atoms in total. The van der Waals surface area contributed by atoms with Crippen LogP contribution in [0.4, 0.5) is 0 Å². The highest BCUT2D eigenvalue weighted by atomic mass is 32.2. The summed E-state index contributed by atoms with van der Waals surface area (Å²) >= 11 is 1.70. The molecular weight excluding hydrogens is 328 g/mol. The highest BCUT2D eigenvalue weighted by molar-refractivity contribution is 8.01. The van der Waals surface area contributed by atoms with Crippen LogP contribution in [0.3, 0.4) is 0 Å². The lowest BCUT2D eigenvalue weighted by atomic mass is 9.94. The van der Waals surface area contributed by atoms with Crippen LogP contribution < -0.4 is 10.6 Å². The zero-order valence-corrected chi connectivity index (χ0v) is 15.1. The van der Waals surface area contributed by atoms with E-state index in [1.165, 1.54) is 0 Å². The number of thioether (sulfide) groups is 1. The highest BCUT2D eigenvalue weighted by Crippen LogP contribution is 2.51. The molecule has 24 heavy (non-hydrogen) atoms. The van der Waals surface area contributed by atoms with E-state index in [2.05, 4.69) is 22.5 Å². The molecule has 3 aliphatic rings. The monoisotopic (exact) mass is 352 g/mol. The Morgan fingerprint density at radius 1 is 1.33 bits per heavy atom. The average Bonchev–Trinajstić information content (AvgIpc) is 2.74. The third-order valence-corrected chi connectivity index (χ3v) is 6.24. The lowest BCUT2D eigenvalue weighted by molar-refractivity contribution is -0.147. The molecule has 3 aliphatic heterocycles. The molecule has 3 atom stereocenters. The molecule has 0 aliphatic carbocycles. The molecule has 0 saturated carbocycles. The minimum Gasteiger partial charge on any atom is -0.316 e. The molecule has 132 valence electrons. The fraction of sp³-hybridized carbons (Fsp3) is 0.750. The van der Waals surface area contributed by atoms with Crippen LogP contribution in [0.5, 0.6) is 0 Å². The average molecular weight is 352 g/mol. The zero-order valence-electron chi connectivity index (χ0n) is 14.3. The second-order valence-corrected chi connectivity index (χ2v) is 8.79. The summed E-state index contributed by atoms with van der Waals surface area (Å²) in [5.41, 5.74) is 0. The molecular formula is C16H24N4O3S. The predicted octanol–water partition coefficient (Wildman–Crippen LogP) is 0.642. The van der Waals surface area contributed by atoms with Crippen molar-refractivity contribution in [2.45, 2.75) is 68.7 Å². The van der Waals surface area contributed by atoms with Gasteiger partial charge in [-0.15, -0.1) is 11.8 Å². The van der Waals surface area contributed by atoms with Crippen LogP contribution in [0, 0.1) is 0 Å². The van der Waals surface area contributed by atoms with Crippen LogP contribution in [-0.2, 0) is 14.4 Å². The fourth-order valence-electron chi connectivity index (χ4n) is 3.53. The Balaban J connectivity index is 1.73. The van der Waals surface area contributed by atoms with E-state index >= 15 is 0 Å². The van der Waals surface area contributed by atoms with E-state index in [-0.39, 0.29) is 40.4 Å². The molecule has 0 spiro atoms. The number of hydrogen-bond acceptors (Lipinski definition) is 5. The van der Waals surface area contributed by atoms with Gasteiger partial charge in [0.05, 0.1) is 0 Å². The largest absolute Gasteiger partial charge is 0.316 e. The van der Waals surface area contributed by atoms with Gasteiger partial charge in [0.1, 0.15) is 29.7 Å². The molecule has 3 rings (SSSR count). The van der Waals surface area contributed by atoms with Crippen LogP contribution in [0.1, 0.15) is 46.5 Å². The van der Waals surface area contributed by atoms with Crippen molar-refractivity contribution in [3.05, 3.63) is 0 Å². The van der Waals surface area contributed by atoms with Gasteiger partial charge >= 0.3 is 0 Å². The topological polar surface area (TPSA) is 90.9 Å². The van der Waals surface area contributed by atoms with Crippen molar-refractivity contribution in [2.75, 3.05) is 6.54 Å². The molecule has 8 heteroatoms. The maximum absolute atomic E-state index is 12.6. The number of hydrogen-bond donors (Lipinski definition) is 2. The van der Waals surface area contributed by atoms with Gasteiger partial charge in [0.2, 0.25) is 11.8 Å². The second-order valence-electron chi connectivity index (χ2n) is 7.01. The third kappa shape index (κ3) is 2.97. The summed E-state index contributed by atoms with van der Waals surface area (Å²) in [5.74, 6) is -0.458. The van der Waals surface area contributed by atoms with Gasteiger partial charge in [-0.05, 0) is 26.8 Å². The van der Waals surface area contributed by atoms with E-state index in [1.54, 1.807) is 16.7 Å². The van der Waals surface area contributed by atoms with Crippen molar-refractivity contribution in [2.24, 2.45) is 4.99 Å². The SMILES string of the molecule is CCCCCNC1C(=O)N2C(C3=NC(=O)CC(=O)N3)C(C)(C)S[C@@H]12. The number of aliphatic imine (C=N–C) groups is 1. The third-order valence-electron chi connectivity index (χ3n) is 4.67. The summed E-state index contributed by atoms with van der Waals surface area (Å²) in [6.45, 7) is 7.03. The van der Waals surface area contributed by atoms with E-state index in [0.29, 0.717) is 5.84 Å². The smallest absolute Gasteiger partial charge is 0.256 e. The normalized spacial score (nSPS) is 31.5. The Bertz CT molecular complexity index is 604. The van der Waals surface area contributed by atoms with Crippen molar-refractivity contribution in [1.82, 2.24) is 15.5 Å². The lowest BCUT2D eigenvalue weighted by Gasteiger charge is -2.45. The van der Waals surface area contributed by atoms with Gasteiger partial charge in [-0.1, -0.05) is 19.8 Å².